The van der Waals surface area contributed by atoms with E-state index in [0.29, 0.717) is 6.42 Å². The summed E-state index contributed by atoms with van der Waals surface area (Å²) in [6.45, 7) is 0. The lowest BCUT2D eigenvalue weighted by Crippen LogP contribution is -2.11. The minimum Gasteiger partial charge on any atom is -0.478 e. The van der Waals surface area contributed by atoms with Gasteiger partial charge < -0.3 is 9.84 Å². The Kier molecular flexibility index (Phi) is 5.10. The summed E-state index contributed by atoms with van der Waals surface area (Å²) >= 11 is 0. The van der Waals surface area contributed by atoms with Crippen LogP contribution in [0, 0.1) is 0 Å². The predicted molar refractivity (Wildman–Crippen MR) is 78.4 cm³/mol. The van der Waals surface area contributed by atoms with Gasteiger partial charge in [0.25, 0.3) is 0 Å². The van der Waals surface area contributed by atoms with Gasteiger partial charge in [0.05, 0.1) is 0 Å². The molecule has 0 saturated carbocycles. The van der Waals surface area contributed by atoms with Gasteiger partial charge in [-0.3, -0.25) is 4.79 Å². The lowest BCUT2D eigenvalue weighted by molar-refractivity contribution is -0.134. The molecule has 0 aromatic heterocycles. The van der Waals surface area contributed by atoms with E-state index in [9.17, 15) is 9.59 Å². The molecule has 0 amide bonds. The zero-order valence-corrected chi connectivity index (χ0v) is 11.5. The third-order valence-electron chi connectivity index (χ3n) is 3.03. The van der Waals surface area contributed by atoms with Gasteiger partial charge in [0.15, 0.2) is 0 Å². The smallest absolute Gasteiger partial charge is 0.339 e. The molecule has 0 unspecified atom stereocenters. The van der Waals surface area contributed by atoms with Crippen molar-refractivity contribution >= 4 is 11.9 Å². The number of hydrogen-bond donors (Lipinski definition) is 1. The molecule has 0 aliphatic rings. The molecule has 0 atom stereocenters. The molecule has 2 aromatic carbocycles. The van der Waals surface area contributed by atoms with E-state index in [1.807, 2.05) is 30.3 Å². The number of benzene rings is 2. The van der Waals surface area contributed by atoms with E-state index in [1.165, 1.54) is 12.1 Å². The minimum atomic E-state index is -1.11. The van der Waals surface area contributed by atoms with Crippen LogP contribution in [-0.4, -0.2) is 17.0 Å². The molecule has 2 rings (SSSR count). The molecule has 0 bridgehead atoms. The molecule has 0 radical (unpaired) electrons. The van der Waals surface area contributed by atoms with Crippen LogP contribution in [0.1, 0.15) is 28.8 Å². The molecule has 1 N–H and O–H groups in total. The molecule has 4 heteroatoms. The molecule has 0 aliphatic heterocycles. The van der Waals surface area contributed by atoms with Gasteiger partial charge in [0, 0.05) is 6.42 Å². The summed E-state index contributed by atoms with van der Waals surface area (Å²) in [6.07, 6.45) is 1.71. The number of para-hydroxylation sites is 1. The fourth-order valence-electron chi connectivity index (χ4n) is 1.99. The van der Waals surface area contributed by atoms with Crippen molar-refractivity contribution in [3.8, 4) is 5.75 Å². The molecule has 0 heterocycles. The number of hydrogen-bond acceptors (Lipinski definition) is 3. The topological polar surface area (TPSA) is 63.6 Å². The predicted octanol–water partition coefficient (Wildman–Crippen LogP) is 3.31. The Morgan fingerprint density at radius 2 is 1.62 bits per heavy atom. The van der Waals surface area contributed by atoms with Gasteiger partial charge in [0.1, 0.15) is 11.3 Å². The average molecular weight is 284 g/mol. The van der Waals surface area contributed by atoms with Crippen molar-refractivity contribution in [2.75, 3.05) is 0 Å². The van der Waals surface area contributed by atoms with Crippen LogP contribution in [0.3, 0.4) is 0 Å². The molecule has 108 valence electrons. The zero-order chi connectivity index (χ0) is 15.1. The fourth-order valence-corrected chi connectivity index (χ4v) is 1.99. The van der Waals surface area contributed by atoms with Gasteiger partial charge in [-0.2, -0.15) is 0 Å². The van der Waals surface area contributed by atoms with E-state index in [0.717, 1.165) is 12.0 Å². The first-order valence-corrected chi connectivity index (χ1v) is 6.74. The van der Waals surface area contributed by atoms with Gasteiger partial charge in [-0.1, -0.05) is 42.5 Å². The van der Waals surface area contributed by atoms with Gasteiger partial charge >= 0.3 is 11.9 Å². The lowest BCUT2D eigenvalue weighted by Gasteiger charge is -2.07. The Labute approximate surface area is 123 Å². The van der Waals surface area contributed by atoms with Crippen LogP contribution in [0.5, 0.6) is 5.75 Å². The number of carboxylic acid groups (broad SMARTS) is 1. The largest absolute Gasteiger partial charge is 0.478 e. The second-order valence-electron chi connectivity index (χ2n) is 4.61. The summed E-state index contributed by atoms with van der Waals surface area (Å²) in [4.78, 5) is 22.8. The van der Waals surface area contributed by atoms with Crippen LogP contribution in [0.4, 0.5) is 0 Å². The summed E-state index contributed by atoms with van der Waals surface area (Å²) in [7, 11) is 0. The van der Waals surface area contributed by atoms with Crippen LogP contribution in [-0.2, 0) is 11.2 Å². The van der Waals surface area contributed by atoms with Gasteiger partial charge in [0.2, 0.25) is 0 Å². The maximum absolute atomic E-state index is 11.8. The minimum absolute atomic E-state index is 0.00564. The maximum Gasteiger partial charge on any atom is 0.339 e. The Hall–Kier alpha value is -2.62. The third-order valence-corrected chi connectivity index (χ3v) is 3.03. The van der Waals surface area contributed by atoms with E-state index in [4.69, 9.17) is 9.84 Å². The Balaban J connectivity index is 1.86. The number of aryl methyl sites for hydroxylation is 1. The summed E-state index contributed by atoms with van der Waals surface area (Å²) < 4.78 is 5.12. The molecule has 21 heavy (non-hydrogen) atoms. The highest BCUT2D eigenvalue weighted by molar-refractivity contribution is 5.91. The van der Waals surface area contributed by atoms with Crippen LogP contribution < -0.4 is 4.74 Å². The second-order valence-corrected chi connectivity index (χ2v) is 4.61. The number of ether oxygens (including phenoxy) is 1. The first-order chi connectivity index (χ1) is 10.2. The lowest BCUT2D eigenvalue weighted by atomic mass is 10.1. The summed E-state index contributed by atoms with van der Waals surface area (Å²) in [6, 6.07) is 16.0. The molecule has 0 spiro atoms. The van der Waals surface area contributed by atoms with Crippen LogP contribution in [0.2, 0.25) is 0 Å². The number of carbonyl (C=O) groups excluding carboxylic acids is 1. The molecule has 2 aromatic rings. The maximum atomic E-state index is 11.8. The molecule has 4 nitrogen and oxygen atoms in total. The summed E-state index contributed by atoms with van der Waals surface area (Å²) in [5, 5.41) is 9.01. The van der Waals surface area contributed by atoms with Crippen LogP contribution >= 0.6 is 0 Å². The highest BCUT2D eigenvalue weighted by Crippen LogP contribution is 2.18. The van der Waals surface area contributed by atoms with E-state index >= 15 is 0 Å². The Morgan fingerprint density at radius 1 is 0.952 bits per heavy atom. The molecular weight excluding hydrogens is 268 g/mol. The first-order valence-electron chi connectivity index (χ1n) is 6.74. The van der Waals surface area contributed by atoms with Crippen molar-refractivity contribution in [2.24, 2.45) is 0 Å². The van der Waals surface area contributed by atoms with E-state index in [1.54, 1.807) is 12.1 Å². The number of carboxylic acids is 1. The average Bonchev–Trinajstić information content (AvgIpc) is 2.48. The summed E-state index contributed by atoms with van der Waals surface area (Å²) in [5.74, 6) is -1.43. The van der Waals surface area contributed by atoms with Gasteiger partial charge in [-0.25, -0.2) is 4.79 Å². The van der Waals surface area contributed by atoms with Gasteiger partial charge in [-0.15, -0.1) is 0 Å². The van der Waals surface area contributed by atoms with Crippen LogP contribution in [0.15, 0.2) is 54.6 Å². The number of aromatic carboxylic acids is 1. The van der Waals surface area contributed by atoms with Crippen LogP contribution in [0.25, 0.3) is 0 Å². The molecule has 0 fully saturated rings. The highest BCUT2D eigenvalue weighted by atomic mass is 16.5. The quantitative estimate of drug-likeness (QED) is 0.653. The van der Waals surface area contributed by atoms with Crippen molar-refractivity contribution < 1.29 is 19.4 Å². The Bertz CT molecular complexity index is 620. The molecule has 0 saturated heterocycles. The molecular formula is C17H16O4. The normalized spacial score (nSPS) is 10.1. The Morgan fingerprint density at radius 3 is 2.33 bits per heavy atom. The summed E-state index contributed by atoms with van der Waals surface area (Å²) in [5.41, 5.74) is 1.16. The highest BCUT2D eigenvalue weighted by Gasteiger charge is 2.13. The monoisotopic (exact) mass is 284 g/mol. The fraction of sp³-hybridized carbons (Fsp3) is 0.176. The zero-order valence-electron chi connectivity index (χ0n) is 11.5. The third kappa shape index (κ3) is 4.45. The van der Waals surface area contributed by atoms with E-state index in [2.05, 4.69) is 0 Å². The van der Waals surface area contributed by atoms with E-state index in [-0.39, 0.29) is 17.7 Å². The number of rotatable bonds is 6. The standard InChI is InChI=1S/C17H16O4/c18-16(12-6-9-13-7-2-1-3-8-13)21-15-11-5-4-10-14(15)17(19)20/h1-5,7-8,10-11H,6,9,12H2,(H,19,20). The first kappa shape index (κ1) is 14.8. The van der Waals surface area contributed by atoms with Gasteiger partial charge in [-0.05, 0) is 30.5 Å². The second kappa shape index (κ2) is 7.24. The number of esters is 1. The van der Waals surface area contributed by atoms with Crippen molar-refractivity contribution in [1.82, 2.24) is 0 Å². The number of carbonyl (C=O) groups is 2. The van der Waals surface area contributed by atoms with E-state index < -0.39 is 11.9 Å². The molecule has 0 aliphatic carbocycles. The SMILES string of the molecule is O=C(CCCc1ccccc1)Oc1ccccc1C(=O)O. The van der Waals surface area contributed by atoms with Crippen molar-refractivity contribution in [3.05, 3.63) is 65.7 Å². The van der Waals surface area contributed by atoms with Crippen molar-refractivity contribution in [3.63, 3.8) is 0 Å². The van der Waals surface area contributed by atoms with Crippen molar-refractivity contribution in [2.45, 2.75) is 19.3 Å². The van der Waals surface area contributed by atoms with Crippen molar-refractivity contribution in [1.29, 1.82) is 0 Å².